The molecule has 7 N–H and O–H groups in total. The summed E-state index contributed by atoms with van der Waals surface area (Å²) in [4.78, 5) is 86.0. The number of hydrogen-bond donors (Lipinski definition) is 6. The second-order valence-corrected chi connectivity index (χ2v) is 18.6. The van der Waals surface area contributed by atoms with E-state index >= 15 is 0 Å². The van der Waals surface area contributed by atoms with Crippen LogP contribution in [0, 0.1) is 17.4 Å². The number of carbonyl (C=O) groups excluding carboxylic acids is 6. The fourth-order valence-corrected chi connectivity index (χ4v) is 8.10. The smallest absolute Gasteiger partial charge is 0.345 e. The molecule has 0 radical (unpaired) electrons. The van der Waals surface area contributed by atoms with E-state index in [0.29, 0.717) is 44.0 Å². The minimum absolute atomic E-state index is 0.0548. The zero-order valence-electron chi connectivity index (χ0n) is 39.6. The summed E-state index contributed by atoms with van der Waals surface area (Å²) in [5, 5.41) is 15.0. The molecular formula is C50H67IN8O9. The van der Waals surface area contributed by atoms with Crippen molar-refractivity contribution in [2.75, 3.05) is 43.9 Å². The first-order valence-electron chi connectivity index (χ1n) is 23.0. The van der Waals surface area contributed by atoms with Gasteiger partial charge < -0.3 is 41.2 Å². The summed E-state index contributed by atoms with van der Waals surface area (Å²) < 4.78 is 16.9. The number of Topliss-reactive ketones (excluding diaryl/α,β-unsaturated/α-hetero) is 1. The normalized spacial score (nSPS) is 15.7. The molecule has 1 saturated heterocycles. The molecule has 17 nitrogen and oxygen atoms in total. The van der Waals surface area contributed by atoms with E-state index in [0.717, 1.165) is 11.1 Å². The summed E-state index contributed by atoms with van der Waals surface area (Å²) in [6.07, 6.45) is 2.44. The molecule has 3 aromatic carbocycles. The van der Waals surface area contributed by atoms with E-state index in [4.69, 9.17) is 25.5 Å². The van der Waals surface area contributed by atoms with Gasteiger partial charge in [0.25, 0.3) is 0 Å². The minimum atomic E-state index is -1.67. The summed E-state index contributed by atoms with van der Waals surface area (Å²) in [5.41, 5.74) is 13.7. The van der Waals surface area contributed by atoms with E-state index < -0.39 is 65.8 Å². The molecule has 1 aliphatic rings. The number of morpholine rings is 1. The number of rotatable bonds is 27. The fraction of sp³-hybridized carbons (Fsp3) is 0.480. The number of benzene rings is 3. The predicted octanol–water partition coefficient (Wildman–Crippen LogP) is 4.90. The molecule has 1 fully saturated rings. The Hall–Kier alpha value is -5.73. The van der Waals surface area contributed by atoms with Crippen LogP contribution in [0.15, 0.2) is 96.2 Å². The van der Waals surface area contributed by atoms with Crippen molar-refractivity contribution in [3.05, 3.63) is 108 Å². The Kier molecular flexibility index (Phi) is 22.5. The Morgan fingerprint density at radius 1 is 0.779 bits per heavy atom. The highest BCUT2D eigenvalue weighted by atomic mass is 127. The molecule has 1 unspecified atom stereocenters. The van der Waals surface area contributed by atoms with Gasteiger partial charge in [0, 0.05) is 35.7 Å². The van der Waals surface area contributed by atoms with Crippen LogP contribution in [0.2, 0.25) is 0 Å². The number of carbonyl (C=O) groups is 6. The van der Waals surface area contributed by atoms with Gasteiger partial charge in [-0.25, -0.2) is 10.3 Å². The van der Waals surface area contributed by atoms with Crippen molar-refractivity contribution >= 4 is 63.7 Å². The molecule has 18 heteroatoms. The van der Waals surface area contributed by atoms with Gasteiger partial charge in [-0.2, -0.15) is 5.11 Å². The van der Waals surface area contributed by atoms with Gasteiger partial charge in [-0.1, -0.05) is 111 Å². The molecule has 4 amide bonds. The van der Waals surface area contributed by atoms with Crippen molar-refractivity contribution in [1.82, 2.24) is 26.2 Å². The molecule has 0 aromatic heterocycles. The maximum absolute atomic E-state index is 14.5. The molecule has 5 atom stereocenters. The first-order chi connectivity index (χ1) is 32.5. The quantitative estimate of drug-likeness (QED) is 0.0260. The van der Waals surface area contributed by atoms with Crippen molar-refractivity contribution in [2.24, 2.45) is 22.7 Å². The molecule has 68 heavy (non-hydrogen) atoms. The summed E-state index contributed by atoms with van der Waals surface area (Å²) >= 11 is 1.96. The Labute approximate surface area is 413 Å². The number of nitrogens with one attached hydrogen (secondary N) is 5. The zero-order valence-corrected chi connectivity index (χ0v) is 41.8. The van der Waals surface area contributed by atoms with Crippen LogP contribution in [0.5, 0.6) is 5.75 Å². The number of ether oxygens (including phenoxy) is 3. The van der Waals surface area contributed by atoms with Crippen molar-refractivity contribution in [1.29, 1.82) is 5.53 Å². The maximum atomic E-state index is 14.5. The lowest BCUT2D eigenvalue weighted by molar-refractivity contribution is -0.166. The number of nitrogens with zero attached hydrogens (tertiary/aromatic N) is 2. The van der Waals surface area contributed by atoms with Crippen LogP contribution >= 0.6 is 22.6 Å². The summed E-state index contributed by atoms with van der Waals surface area (Å²) in [7, 11) is 0. The van der Waals surface area contributed by atoms with Crippen LogP contribution in [0.3, 0.4) is 0 Å². The number of alkyl halides is 1. The van der Waals surface area contributed by atoms with E-state index in [9.17, 15) is 28.8 Å². The average molecular weight is 1050 g/mol. The van der Waals surface area contributed by atoms with Gasteiger partial charge in [0.05, 0.1) is 25.8 Å². The van der Waals surface area contributed by atoms with E-state index in [-0.39, 0.29) is 60.1 Å². The lowest BCUT2D eigenvalue weighted by atomic mass is 9.90. The van der Waals surface area contributed by atoms with Crippen LogP contribution in [0.4, 0.5) is 0 Å². The van der Waals surface area contributed by atoms with Crippen molar-refractivity contribution < 1.29 is 43.0 Å². The number of ketones is 1. The van der Waals surface area contributed by atoms with E-state index in [1.54, 1.807) is 24.3 Å². The molecule has 3 aromatic rings. The van der Waals surface area contributed by atoms with Gasteiger partial charge in [0.15, 0.2) is 18.0 Å². The third-order valence-corrected chi connectivity index (χ3v) is 12.6. The van der Waals surface area contributed by atoms with Gasteiger partial charge in [0.2, 0.25) is 23.6 Å². The topological polar surface area (TPSA) is 244 Å². The van der Waals surface area contributed by atoms with Crippen LogP contribution in [-0.2, 0) is 51.1 Å². The summed E-state index contributed by atoms with van der Waals surface area (Å²) in [5.74, 6) is -3.28. The molecule has 0 spiro atoms. The molecule has 1 heterocycles. The Morgan fingerprint density at radius 3 is 1.90 bits per heavy atom. The molecule has 1 aliphatic heterocycles. The average Bonchev–Trinajstić information content (AvgIpc) is 3.32. The number of nitrogens with two attached hydrogens (primary N) is 1. The van der Waals surface area contributed by atoms with E-state index in [1.807, 2.05) is 116 Å². The Bertz CT molecular complexity index is 2150. The van der Waals surface area contributed by atoms with Crippen molar-refractivity contribution in [3.63, 3.8) is 0 Å². The van der Waals surface area contributed by atoms with Gasteiger partial charge in [-0.05, 0) is 79.8 Å². The van der Waals surface area contributed by atoms with E-state index in [1.165, 1.54) is 13.1 Å². The molecule has 0 bridgehead atoms. The molecule has 368 valence electrons. The second kappa shape index (κ2) is 27.9. The van der Waals surface area contributed by atoms with Crippen LogP contribution in [0.1, 0.15) is 70.6 Å². The van der Waals surface area contributed by atoms with Gasteiger partial charge in [-0.3, -0.25) is 28.9 Å². The predicted molar refractivity (Wildman–Crippen MR) is 266 cm³/mol. The van der Waals surface area contributed by atoms with Crippen LogP contribution < -0.4 is 31.7 Å². The highest BCUT2D eigenvalue weighted by molar-refractivity contribution is 14.1. The van der Waals surface area contributed by atoms with Crippen LogP contribution in [0.25, 0.3) is 5.70 Å². The summed E-state index contributed by atoms with van der Waals surface area (Å²) in [6, 6.07) is 20.7. The standard InChI is InChI=1S/C50H67IN8O9/c1-33(2)26-40(46(62)50(5,32-51)68-45(61)31-67-38-19-17-37(18-20-38)43(29-52)58-53)55-49(65)42(28-36-14-10-7-11-15-36)57-48(64)41(27-34(3)4)56-47(63)39(21-16-35-12-8-6-9-13-35)54-44(60)30-59-22-24-66-25-23-59/h6-15,17-20,29,33-34,39-42,53H,16,21-28,30-32,52H2,1-5H3,(H,54,60)(H,55,65)(H,56,63)(H,57,64)/b43-29-,58-53?/t39-,40-,41-,42-,50?/m0/s1. The molecule has 4 rings (SSSR count). The number of aryl methyl sites for hydroxylation is 1. The minimum Gasteiger partial charge on any atom is -0.482 e. The maximum Gasteiger partial charge on any atom is 0.345 e. The fourth-order valence-electron chi connectivity index (χ4n) is 7.56. The third kappa shape index (κ3) is 18.1. The SMILES string of the molecule is CC(C)C[C@H](NC(=O)[C@H](CCc1ccccc1)NC(=O)CN1CCOCC1)C(=O)N[C@@H](Cc1ccccc1)C(=O)N[C@@H](CC(C)C)C(=O)C(C)(CI)OC(=O)COc1ccc(/C(=C/N)N=N)cc1. The molecule has 0 saturated carbocycles. The third-order valence-electron chi connectivity index (χ3n) is 11.2. The highest BCUT2D eigenvalue weighted by Crippen LogP contribution is 2.23. The molecule has 0 aliphatic carbocycles. The van der Waals surface area contributed by atoms with Crippen molar-refractivity contribution in [2.45, 2.75) is 96.5 Å². The number of halogens is 1. The lowest BCUT2D eigenvalue weighted by Crippen LogP contribution is -2.60. The van der Waals surface area contributed by atoms with Gasteiger partial charge in [0.1, 0.15) is 29.6 Å². The largest absolute Gasteiger partial charge is 0.482 e. The number of amides is 4. The summed E-state index contributed by atoms with van der Waals surface area (Å²) in [6.45, 7) is 10.9. The van der Waals surface area contributed by atoms with Crippen molar-refractivity contribution in [3.8, 4) is 5.75 Å². The first-order valence-corrected chi connectivity index (χ1v) is 24.5. The van der Waals surface area contributed by atoms with E-state index in [2.05, 4.69) is 26.4 Å². The first kappa shape index (κ1) is 54.9. The zero-order chi connectivity index (χ0) is 49.6. The Morgan fingerprint density at radius 2 is 1.32 bits per heavy atom. The second-order valence-electron chi connectivity index (χ2n) is 17.8. The number of hydrogen-bond acceptors (Lipinski definition) is 13. The van der Waals surface area contributed by atoms with Gasteiger partial charge in [-0.15, -0.1) is 0 Å². The highest BCUT2D eigenvalue weighted by Gasteiger charge is 2.42. The molecular weight excluding hydrogens is 984 g/mol. The number of esters is 1. The van der Waals surface area contributed by atoms with Gasteiger partial charge >= 0.3 is 5.97 Å². The Balaban J connectivity index is 1.52. The lowest BCUT2D eigenvalue weighted by Gasteiger charge is -2.32. The van der Waals surface area contributed by atoms with Crippen LogP contribution in [-0.4, -0.2) is 114 Å². The monoisotopic (exact) mass is 1050 g/mol.